The number of unbranched alkanes of at least 4 members (excludes halogenated alkanes) is 8. The van der Waals surface area contributed by atoms with E-state index in [0.717, 1.165) is 29.8 Å². The number of benzene rings is 2. The predicted molar refractivity (Wildman–Crippen MR) is 186 cm³/mol. The Morgan fingerprint density at radius 3 is 1.77 bits per heavy atom. The molecule has 0 bridgehead atoms. The summed E-state index contributed by atoms with van der Waals surface area (Å²) in [4.78, 5) is 9.62. The molecule has 6 aromatic rings. The van der Waals surface area contributed by atoms with Gasteiger partial charge in [0.05, 0.1) is 33.5 Å². The van der Waals surface area contributed by atoms with Crippen molar-refractivity contribution in [1.29, 1.82) is 0 Å². The molecular formula is C39H48N4O. The van der Waals surface area contributed by atoms with Gasteiger partial charge in [-0.15, -0.1) is 0 Å². The molecule has 44 heavy (non-hydrogen) atoms. The van der Waals surface area contributed by atoms with E-state index in [1.54, 1.807) is 0 Å². The molecule has 0 amide bonds. The van der Waals surface area contributed by atoms with E-state index in [2.05, 4.69) is 85.4 Å². The lowest BCUT2D eigenvalue weighted by Crippen LogP contribution is -2.19. The summed E-state index contributed by atoms with van der Waals surface area (Å²) in [5.74, 6) is 0. The van der Waals surface area contributed by atoms with Crippen molar-refractivity contribution in [1.82, 2.24) is 19.1 Å². The summed E-state index contributed by atoms with van der Waals surface area (Å²) >= 11 is 0. The minimum Gasteiger partial charge on any atom is -0.396 e. The Kier molecular flexibility index (Phi) is 9.32. The molecule has 5 heteroatoms. The number of aryl methyl sites for hydroxylation is 3. The van der Waals surface area contributed by atoms with Gasteiger partial charge in [-0.2, -0.15) is 0 Å². The third kappa shape index (κ3) is 5.75. The normalized spacial score (nSPS) is 12.8. The average Bonchev–Trinajstić information content (AvgIpc) is 3.52. The average molecular weight is 589 g/mol. The van der Waals surface area contributed by atoms with Crippen molar-refractivity contribution >= 4 is 43.6 Å². The quantitative estimate of drug-likeness (QED) is 0.129. The second-order valence-corrected chi connectivity index (χ2v) is 12.8. The van der Waals surface area contributed by atoms with Gasteiger partial charge in [0.1, 0.15) is 6.17 Å². The highest BCUT2D eigenvalue weighted by Gasteiger charge is 2.26. The highest BCUT2D eigenvalue weighted by atomic mass is 16.2. The minimum absolute atomic E-state index is 0.0523. The maximum Gasteiger partial charge on any atom is 0.111 e. The maximum absolute atomic E-state index is 9.82. The van der Waals surface area contributed by atoms with Crippen molar-refractivity contribution in [3.8, 4) is 0 Å². The zero-order valence-electron chi connectivity index (χ0n) is 27.1. The maximum atomic E-state index is 9.82. The number of hydrogen-bond acceptors (Lipinski definition) is 3. The van der Waals surface area contributed by atoms with E-state index in [9.17, 15) is 5.11 Å². The molecule has 4 aromatic heterocycles. The van der Waals surface area contributed by atoms with Gasteiger partial charge in [0.15, 0.2) is 0 Å². The molecule has 1 N–H and O–H groups in total. The molecular weight excluding hydrogens is 540 g/mol. The van der Waals surface area contributed by atoms with Crippen LogP contribution in [0.4, 0.5) is 0 Å². The van der Waals surface area contributed by atoms with E-state index >= 15 is 0 Å². The van der Waals surface area contributed by atoms with Crippen LogP contribution >= 0.6 is 0 Å². The highest BCUT2D eigenvalue weighted by Crippen LogP contribution is 2.41. The van der Waals surface area contributed by atoms with Crippen molar-refractivity contribution in [3.63, 3.8) is 0 Å². The number of rotatable bonds is 14. The summed E-state index contributed by atoms with van der Waals surface area (Å²) in [6.07, 6.45) is 17.4. The second-order valence-electron chi connectivity index (χ2n) is 12.8. The number of pyridine rings is 2. The summed E-state index contributed by atoms with van der Waals surface area (Å²) in [5, 5.41) is 14.9. The summed E-state index contributed by atoms with van der Waals surface area (Å²) < 4.78 is 5.17. The molecule has 2 aromatic carbocycles. The molecule has 0 aliphatic heterocycles. The van der Waals surface area contributed by atoms with Gasteiger partial charge in [-0.05, 0) is 75.4 Å². The lowest BCUT2D eigenvalue weighted by molar-refractivity contribution is 0.299. The minimum atomic E-state index is 0.0523. The summed E-state index contributed by atoms with van der Waals surface area (Å²) in [7, 11) is 0. The Labute approximate surface area is 261 Å². The van der Waals surface area contributed by atoms with Crippen molar-refractivity contribution < 1.29 is 5.11 Å². The number of fused-ring (bicyclic) bond motifs is 6. The van der Waals surface area contributed by atoms with Gasteiger partial charge in [0.25, 0.3) is 0 Å². The Bertz CT molecular complexity index is 1900. The van der Waals surface area contributed by atoms with Crippen LogP contribution in [0.25, 0.3) is 43.6 Å². The van der Waals surface area contributed by atoms with E-state index in [0.29, 0.717) is 6.42 Å². The molecule has 0 aliphatic rings. The van der Waals surface area contributed by atoms with Crippen molar-refractivity contribution in [2.24, 2.45) is 0 Å². The first-order valence-electron chi connectivity index (χ1n) is 16.9. The molecule has 6 rings (SSSR count). The lowest BCUT2D eigenvalue weighted by Gasteiger charge is -2.26. The van der Waals surface area contributed by atoms with Gasteiger partial charge in [0, 0.05) is 40.5 Å². The van der Waals surface area contributed by atoms with Gasteiger partial charge in [-0.3, -0.25) is 9.97 Å². The molecule has 0 saturated heterocycles. The molecule has 0 spiro atoms. The molecule has 4 heterocycles. The summed E-state index contributed by atoms with van der Waals surface area (Å²) in [6.45, 7) is 8.92. The van der Waals surface area contributed by atoms with Gasteiger partial charge in [0.2, 0.25) is 0 Å². The van der Waals surface area contributed by atoms with Gasteiger partial charge in [-0.25, -0.2) is 0 Å². The van der Waals surface area contributed by atoms with Gasteiger partial charge >= 0.3 is 0 Å². The fourth-order valence-electron chi connectivity index (χ4n) is 7.39. The van der Waals surface area contributed by atoms with Crippen LogP contribution in [-0.4, -0.2) is 30.8 Å². The zero-order valence-corrected chi connectivity index (χ0v) is 27.1. The topological polar surface area (TPSA) is 55.9 Å². The number of hydrogen-bond donors (Lipinski definition) is 1. The van der Waals surface area contributed by atoms with Crippen molar-refractivity contribution in [2.75, 3.05) is 6.61 Å². The standard InChI is InChI=1S/C39H48N4O/c1-5-6-7-8-9-10-11-12-13-14-37(42-35-25-27(2)15-17-31(35)33-19-22-40-28(3)38(33)42)43-36-26-30(21-24-44)16-18-32(36)34-20-23-41-29(4)39(34)43/h15-20,22-23,25-26,37,44H,5-14,21,24H2,1-4H3. The molecule has 230 valence electrons. The van der Waals surface area contributed by atoms with Crippen LogP contribution in [0.3, 0.4) is 0 Å². The molecule has 0 radical (unpaired) electrons. The Morgan fingerprint density at radius 2 is 1.18 bits per heavy atom. The second kappa shape index (κ2) is 13.5. The smallest absolute Gasteiger partial charge is 0.111 e. The van der Waals surface area contributed by atoms with Crippen LogP contribution in [0.5, 0.6) is 0 Å². The molecule has 1 unspecified atom stereocenters. The summed E-state index contributed by atoms with van der Waals surface area (Å²) in [6, 6.07) is 18.0. The first-order chi connectivity index (χ1) is 21.5. The molecule has 1 atom stereocenters. The fraction of sp³-hybridized carbons (Fsp3) is 0.436. The lowest BCUT2D eigenvalue weighted by atomic mass is 10.1. The van der Waals surface area contributed by atoms with Gasteiger partial charge in [-0.1, -0.05) is 82.6 Å². The number of aliphatic hydroxyl groups excluding tert-OH is 1. The van der Waals surface area contributed by atoms with E-state index < -0.39 is 0 Å². The predicted octanol–water partition coefficient (Wildman–Crippen LogP) is 10.1. The largest absolute Gasteiger partial charge is 0.396 e. The monoisotopic (exact) mass is 588 g/mol. The van der Waals surface area contributed by atoms with Crippen molar-refractivity contribution in [3.05, 3.63) is 83.4 Å². The summed E-state index contributed by atoms with van der Waals surface area (Å²) in [5.41, 5.74) is 9.43. The van der Waals surface area contributed by atoms with Crippen molar-refractivity contribution in [2.45, 2.75) is 104 Å². The van der Waals surface area contributed by atoms with Crippen LogP contribution in [0, 0.1) is 20.8 Å². The van der Waals surface area contributed by atoms with E-state index in [-0.39, 0.29) is 12.8 Å². The first-order valence-corrected chi connectivity index (χ1v) is 16.9. The van der Waals surface area contributed by atoms with Crippen LogP contribution in [-0.2, 0) is 6.42 Å². The molecule has 5 nitrogen and oxygen atoms in total. The van der Waals surface area contributed by atoms with Crippen LogP contribution in [0.1, 0.15) is 99.8 Å². The SMILES string of the molecule is CCCCCCCCCCCC(n1c2cc(C)ccc2c2ccnc(C)c21)n1c2cc(CCO)ccc2c2ccnc(C)c21. The van der Waals surface area contributed by atoms with Gasteiger partial charge < -0.3 is 14.2 Å². The molecule has 0 aliphatic carbocycles. The Hall–Kier alpha value is -3.70. The first kappa shape index (κ1) is 30.3. The van der Waals surface area contributed by atoms with Crippen LogP contribution in [0.15, 0.2) is 60.9 Å². The number of nitrogens with zero attached hydrogens (tertiary/aromatic N) is 4. The zero-order chi connectivity index (χ0) is 30.6. The number of aliphatic hydroxyl groups is 1. The molecule has 0 saturated carbocycles. The number of aromatic nitrogens is 4. The Balaban J connectivity index is 1.52. The van der Waals surface area contributed by atoms with Crippen LogP contribution < -0.4 is 0 Å². The fourth-order valence-corrected chi connectivity index (χ4v) is 7.39. The Morgan fingerprint density at radius 1 is 0.636 bits per heavy atom. The third-order valence-electron chi connectivity index (χ3n) is 9.57. The van der Waals surface area contributed by atoms with Crippen LogP contribution in [0.2, 0.25) is 0 Å². The van der Waals surface area contributed by atoms with E-state index in [4.69, 9.17) is 9.97 Å². The van der Waals surface area contributed by atoms with E-state index in [1.807, 2.05) is 12.4 Å². The molecule has 0 fully saturated rings. The highest BCUT2D eigenvalue weighted by molar-refractivity contribution is 6.10. The van der Waals surface area contributed by atoms with E-state index in [1.165, 1.54) is 101 Å². The third-order valence-corrected chi connectivity index (χ3v) is 9.57.